The molecule has 2 aromatic heterocycles. The summed E-state index contributed by atoms with van der Waals surface area (Å²) in [6.45, 7) is 0.359. The number of hydrogen-bond acceptors (Lipinski definition) is 5. The quantitative estimate of drug-likeness (QED) is 0.497. The summed E-state index contributed by atoms with van der Waals surface area (Å²) in [5.41, 5.74) is 3.36. The number of amides is 1. The standard InChI is InChI=1S/C24H22N4O3/c1-30-19-10-11-22(31-2)20(13-19)23-21(16-28(27-23)18-8-4-3-5-9-18)24(29)26-15-17-7-6-12-25-14-17/h3-14,16H,15H2,1-2H3,(H,26,29). The highest BCUT2D eigenvalue weighted by atomic mass is 16.5. The third-order valence-electron chi connectivity index (χ3n) is 4.82. The van der Waals surface area contributed by atoms with E-state index >= 15 is 0 Å². The van der Waals surface area contributed by atoms with E-state index in [1.807, 2.05) is 48.5 Å². The van der Waals surface area contributed by atoms with Gasteiger partial charge in [0, 0.05) is 30.7 Å². The second-order valence-electron chi connectivity index (χ2n) is 6.78. The molecule has 1 amide bonds. The number of methoxy groups -OCH3 is 2. The number of para-hydroxylation sites is 1. The van der Waals surface area contributed by atoms with E-state index in [2.05, 4.69) is 10.3 Å². The second kappa shape index (κ2) is 9.13. The Bertz CT molecular complexity index is 1170. The molecule has 0 spiro atoms. The van der Waals surface area contributed by atoms with Gasteiger partial charge in [-0.05, 0) is 42.0 Å². The van der Waals surface area contributed by atoms with Gasteiger partial charge in [-0.3, -0.25) is 9.78 Å². The minimum absolute atomic E-state index is 0.245. The highest BCUT2D eigenvalue weighted by molar-refractivity contribution is 6.00. The summed E-state index contributed by atoms with van der Waals surface area (Å²) in [6, 6.07) is 18.8. The monoisotopic (exact) mass is 414 g/mol. The number of nitrogens with one attached hydrogen (secondary N) is 1. The van der Waals surface area contributed by atoms with Gasteiger partial charge in [0.2, 0.25) is 0 Å². The summed E-state index contributed by atoms with van der Waals surface area (Å²) in [4.78, 5) is 17.2. The molecule has 4 rings (SSSR count). The van der Waals surface area contributed by atoms with E-state index < -0.39 is 0 Å². The first kappa shape index (κ1) is 20.2. The number of ether oxygens (including phenoxy) is 2. The minimum atomic E-state index is -0.245. The molecule has 2 heterocycles. The van der Waals surface area contributed by atoms with Gasteiger partial charge in [-0.15, -0.1) is 0 Å². The van der Waals surface area contributed by atoms with E-state index in [-0.39, 0.29) is 5.91 Å². The Kier molecular flexibility index (Phi) is 5.93. The third kappa shape index (κ3) is 4.40. The van der Waals surface area contributed by atoms with Crippen molar-refractivity contribution in [3.63, 3.8) is 0 Å². The molecule has 0 aliphatic carbocycles. The molecule has 0 aliphatic heterocycles. The molecule has 2 aromatic carbocycles. The Morgan fingerprint density at radius 2 is 1.87 bits per heavy atom. The van der Waals surface area contributed by atoms with Crippen LogP contribution in [0.1, 0.15) is 15.9 Å². The Hall–Kier alpha value is -4.13. The molecule has 1 N–H and O–H groups in total. The molecule has 0 atom stereocenters. The molecule has 0 bridgehead atoms. The first-order chi connectivity index (χ1) is 15.2. The number of pyridine rings is 1. The van der Waals surface area contributed by atoms with Gasteiger partial charge in [0.05, 0.1) is 25.5 Å². The van der Waals surface area contributed by atoms with Crippen LogP contribution in [0.5, 0.6) is 11.5 Å². The number of benzene rings is 2. The van der Waals surface area contributed by atoms with Crippen LogP contribution in [-0.4, -0.2) is 34.9 Å². The van der Waals surface area contributed by atoms with Crippen molar-refractivity contribution in [1.82, 2.24) is 20.1 Å². The topological polar surface area (TPSA) is 78.3 Å². The van der Waals surface area contributed by atoms with Crippen molar-refractivity contribution in [2.75, 3.05) is 14.2 Å². The van der Waals surface area contributed by atoms with Crippen LogP contribution in [-0.2, 0) is 6.54 Å². The Morgan fingerprint density at radius 1 is 1.03 bits per heavy atom. The molecule has 0 radical (unpaired) electrons. The zero-order chi connectivity index (χ0) is 21.6. The molecule has 7 heteroatoms. The van der Waals surface area contributed by atoms with Crippen molar-refractivity contribution < 1.29 is 14.3 Å². The maximum absolute atomic E-state index is 13.2. The van der Waals surface area contributed by atoms with Crippen molar-refractivity contribution in [2.24, 2.45) is 0 Å². The summed E-state index contributed by atoms with van der Waals surface area (Å²) >= 11 is 0. The van der Waals surface area contributed by atoms with E-state index in [0.717, 1.165) is 11.3 Å². The Labute approximate surface area is 180 Å². The normalized spacial score (nSPS) is 10.5. The van der Waals surface area contributed by atoms with Crippen LogP contribution in [0.3, 0.4) is 0 Å². The SMILES string of the molecule is COc1ccc(OC)c(-c2nn(-c3ccccc3)cc2C(=O)NCc2cccnc2)c1. The smallest absolute Gasteiger partial charge is 0.255 e. The fraction of sp³-hybridized carbons (Fsp3) is 0.125. The van der Waals surface area contributed by atoms with Gasteiger partial charge in [-0.2, -0.15) is 5.10 Å². The number of carbonyl (C=O) groups excluding carboxylic acids is 1. The number of nitrogens with zero attached hydrogens (tertiary/aromatic N) is 3. The van der Waals surface area contributed by atoms with Crippen LogP contribution in [0.15, 0.2) is 79.3 Å². The molecule has 0 unspecified atom stereocenters. The van der Waals surface area contributed by atoms with E-state index in [4.69, 9.17) is 14.6 Å². The predicted molar refractivity (Wildman–Crippen MR) is 118 cm³/mol. The molecule has 31 heavy (non-hydrogen) atoms. The Morgan fingerprint density at radius 3 is 2.58 bits per heavy atom. The number of aromatic nitrogens is 3. The molecule has 4 aromatic rings. The molecular formula is C24H22N4O3. The molecule has 0 fully saturated rings. The summed E-state index contributed by atoms with van der Waals surface area (Å²) < 4.78 is 12.6. The van der Waals surface area contributed by atoms with Gasteiger partial charge >= 0.3 is 0 Å². The molecule has 7 nitrogen and oxygen atoms in total. The van der Waals surface area contributed by atoms with E-state index in [9.17, 15) is 4.79 Å². The first-order valence-corrected chi connectivity index (χ1v) is 9.74. The average molecular weight is 414 g/mol. The fourth-order valence-corrected chi connectivity index (χ4v) is 3.23. The highest BCUT2D eigenvalue weighted by Gasteiger charge is 2.22. The molecule has 0 aliphatic rings. The summed E-state index contributed by atoms with van der Waals surface area (Å²) in [7, 11) is 3.18. The molecule has 0 saturated carbocycles. The largest absolute Gasteiger partial charge is 0.497 e. The fourth-order valence-electron chi connectivity index (χ4n) is 3.23. The number of hydrogen-bond donors (Lipinski definition) is 1. The van der Waals surface area contributed by atoms with Crippen molar-refractivity contribution in [3.05, 3.63) is 90.4 Å². The van der Waals surface area contributed by atoms with Gasteiger partial charge in [0.1, 0.15) is 17.2 Å². The van der Waals surface area contributed by atoms with Gasteiger partial charge in [-0.1, -0.05) is 24.3 Å². The van der Waals surface area contributed by atoms with Crippen LogP contribution in [0.2, 0.25) is 0 Å². The zero-order valence-corrected chi connectivity index (χ0v) is 17.3. The van der Waals surface area contributed by atoms with Crippen LogP contribution in [0, 0.1) is 0 Å². The maximum Gasteiger partial charge on any atom is 0.255 e. The highest BCUT2D eigenvalue weighted by Crippen LogP contribution is 2.35. The lowest BCUT2D eigenvalue weighted by Crippen LogP contribution is -2.23. The van der Waals surface area contributed by atoms with E-state index in [0.29, 0.717) is 34.9 Å². The lowest BCUT2D eigenvalue weighted by molar-refractivity contribution is 0.0951. The van der Waals surface area contributed by atoms with Crippen LogP contribution in [0.4, 0.5) is 0 Å². The second-order valence-corrected chi connectivity index (χ2v) is 6.78. The lowest BCUT2D eigenvalue weighted by Gasteiger charge is -2.10. The average Bonchev–Trinajstić information content (AvgIpc) is 3.29. The summed E-state index contributed by atoms with van der Waals surface area (Å²) in [6.07, 6.45) is 5.14. The maximum atomic E-state index is 13.2. The van der Waals surface area contributed by atoms with E-state index in [1.165, 1.54) is 0 Å². The minimum Gasteiger partial charge on any atom is -0.497 e. The van der Waals surface area contributed by atoms with Crippen molar-refractivity contribution >= 4 is 5.91 Å². The number of carbonyl (C=O) groups is 1. The van der Waals surface area contributed by atoms with Gasteiger partial charge in [0.15, 0.2) is 0 Å². The number of rotatable bonds is 7. The third-order valence-corrected chi connectivity index (χ3v) is 4.82. The lowest BCUT2D eigenvalue weighted by atomic mass is 10.1. The van der Waals surface area contributed by atoms with Crippen molar-refractivity contribution in [2.45, 2.75) is 6.54 Å². The summed E-state index contributed by atoms with van der Waals surface area (Å²) in [5, 5.41) is 7.67. The predicted octanol–water partition coefficient (Wildman–Crippen LogP) is 3.88. The van der Waals surface area contributed by atoms with Crippen LogP contribution >= 0.6 is 0 Å². The molecular weight excluding hydrogens is 392 g/mol. The van der Waals surface area contributed by atoms with Crippen molar-refractivity contribution in [1.29, 1.82) is 0 Å². The van der Waals surface area contributed by atoms with Crippen molar-refractivity contribution in [3.8, 4) is 28.4 Å². The first-order valence-electron chi connectivity index (χ1n) is 9.74. The van der Waals surface area contributed by atoms with E-state index in [1.54, 1.807) is 49.6 Å². The molecule has 0 saturated heterocycles. The van der Waals surface area contributed by atoms with Crippen LogP contribution < -0.4 is 14.8 Å². The molecule has 156 valence electrons. The zero-order valence-electron chi connectivity index (χ0n) is 17.3. The van der Waals surface area contributed by atoms with Gasteiger partial charge in [0.25, 0.3) is 5.91 Å². The summed E-state index contributed by atoms with van der Waals surface area (Å²) in [5.74, 6) is 0.998. The van der Waals surface area contributed by atoms with Crippen LogP contribution in [0.25, 0.3) is 16.9 Å². The Balaban J connectivity index is 1.76. The van der Waals surface area contributed by atoms with Gasteiger partial charge < -0.3 is 14.8 Å². The van der Waals surface area contributed by atoms with Gasteiger partial charge in [-0.25, -0.2) is 4.68 Å².